The van der Waals surface area contributed by atoms with Gasteiger partial charge in [0, 0.05) is 18.6 Å². The van der Waals surface area contributed by atoms with Crippen LogP contribution in [-0.4, -0.2) is 49.3 Å². The average molecular weight is 283 g/mol. The highest BCUT2D eigenvalue weighted by molar-refractivity contribution is 5.71. The van der Waals surface area contributed by atoms with E-state index >= 15 is 0 Å². The molecule has 0 bridgehead atoms. The Hall–Kier alpha value is -0.610. The van der Waals surface area contributed by atoms with Crippen LogP contribution in [0.4, 0.5) is 0 Å². The Morgan fingerprint density at radius 3 is 2.55 bits per heavy atom. The Balaban J connectivity index is 2.15. The third-order valence-corrected chi connectivity index (χ3v) is 4.76. The summed E-state index contributed by atoms with van der Waals surface area (Å²) in [5, 5.41) is 0. The van der Waals surface area contributed by atoms with Gasteiger partial charge in [0.05, 0.1) is 26.2 Å². The molecule has 0 spiro atoms. The molecule has 0 N–H and O–H groups in total. The highest BCUT2D eigenvalue weighted by Crippen LogP contribution is 2.46. The first-order valence-electron chi connectivity index (χ1n) is 7.96. The predicted octanol–water partition coefficient (Wildman–Crippen LogP) is 2.61. The first kappa shape index (κ1) is 15.8. The van der Waals surface area contributed by atoms with E-state index in [-0.39, 0.29) is 11.5 Å². The minimum Gasteiger partial charge on any atom is -0.466 e. The van der Waals surface area contributed by atoms with Crippen molar-refractivity contribution in [3.05, 3.63) is 0 Å². The maximum atomic E-state index is 12.1. The number of rotatable bonds is 4. The molecule has 4 nitrogen and oxygen atoms in total. The summed E-state index contributed by atoms with van der Waals surface area (Å²) in [6.45, 7) is 10.4. The van der Waals surface area contributed by atoms with Crippen molar-refractivity contribution < 1.29 is 14.3 Å². The van der Waals surface area contributed by atoms with Crippen molar-refractivity contribution in [3.8, 4) is 0 Å². The first-order valence-corrected chi connectivity index (χ1v) is 7.96. The van der Waals surface area contributed by atoms with Gasteiger partial charge in [0.25, 0.3) is 0 Å². The van der Waals surface area contributed by atoms with Crippen molar-refractivity contribution in [3.63, 3.8) is 0 Å². The standard InChI is InChI=1S/C16H29NO3/c1-4-20-14(18)12-16(17-8-10-19-11-9-17)7-5-6-15(2,3)13-16/h4-13H2,1-3H3. The summed E-state index contributed by atoms with van der Waals surface area (Å²) >= 11 is 0. The summed E-state index contributed by atoms with van der Waals surface area (Å²) in [6, 6.07) is 0. The Morgan fingerprint density at radius 1 is 1.25 bits per heavy atom. The third-order valence-electron chi connectivity index (χ3n) is 4.76. The van der Waals surface area contributed by atoms with Crippen molar-refractivity contribution in [1.29, 1.82) is 0 Å². The van der Waals surface area contributed by atoms with Gasteiger partial charge in [-0.05, 0) is 31.6 Å². The molecule has 1 aliphatic carbocycles. The van der Waals surface area contributed by atoms with Gasteiger partial charge in [-0.1, -0.05) is 20.3 Å². The lowest BCUT2D eigenvalue weighted by Crippen LogP contribution is -2.57. The minimum atomic E-state index is -0.0447. The summed E-state index contributed by atoms with van der Waals surface area (Å²) < 4.78 is 10.7. The normalized spacial score (nSPS) is 30.9. The molecule has 4 heteroatoms. The molecule has 2 rings (SSSR count). The fourth-order valence-electron chi connectivity index (χ4n) is 4.01. The number of ether oxygens (including phenoxy) is 2. The zero-order valence-electron chi connectivity index (χ0n) is 13.2. The topological polar surface area (TPSA) is 38.8 Å². The monoisotopic (exact) mass is 283 g/mol. The van der Waals surface area contributed by atoms with Crippen molar-refractivity contribution in [1.82, 2.24) is 4.90 Å². The van der Waals surface area contributed by atoms with Crippen LogP contribution in [0.15, 0.2) is 0 Å². The lowest BCUT2D eigenvalue weighted by molar-refractivity contribution is -0.150. The first-order chi connectivity index (χ1) is 9.47. The van der Waals surface area contributed by atoms with Gasteiger partial charge in [0.1, 0.15) is 0 Å². The molecule has 1 unspecified atom stereocenters. The molecule has 1 heterocycles. The van der Waals surface area contributed by atoms with E-state index in [0.29, 0.717) is 18.4 Å². The summed E-state index contributed by atoms with van der Waals surface area (Å²) in [5.74, 6) is -0.0447. The van der Waals surface area contributed by atoms with Crippen LogP contribution in [0.25, 0.3) is 0 Å². The number of carbonyl (C=O) groups excluding carboxylic acids is 1. The van der Waals surface area contributed by atoms with Gasteiger partial charge in [-0.15, -0.1) is 0 Å². The van der Waals surface area contributed by atoms with Gasteiger partial charge in [-0.25, -0.2) is 0 Å². The van der Waals surface area contributed by atoms with Gasteiger partial charge in [-0.2, -0.15) is 0 Å². The summed E-state index contributed by atoms with van der Waals surface area (Å²) in [7, 11) is 0. The smallest absolute Gasteiger partial charge is 0.307 e. The zero-order chi connectivity index (χ0) is 14.6. The van der Waals surface area contributed by atoms with E-state index in [9.17, 15) is 4.79 Å². The van der Waals surface area contributed by atoms with E-state index in [4.69, 9.17) is 9.47 Å². The zero-order valence-corrected chi connectivity index (χ0v) is 13.2. The molecule has 1 atom stereocenters. The molecule has 1 saturated carbocycles. The molecule has 2 aliphatic rings. The van der Waals surface area contributed by atoms with Crippen LogP contribution in [0.2, 0.25) is 0 Å². The number of morpholine rings is 1. The summed E-state index contributed by atoms with van der Waals surface area (Å²) in [5.41, 5.74) is 0.292. The molecule has 0 amide bonds. The molecule has 116 valence electrons. The van der Waals surface area contributed by atoms with Crippen LogP contribution >= 0.6 is 0 Å². The van der Waals surface area contributed by atoms with E-state index < -0.39 is 0 Å². The van der Waals surface area contributed by atoms with Gasteiger partial charge < -0.3 is 9.47 Å². The molecule has 0 aromatic heterocycles. The Morgan fingerprint density at radius 2 is 1.95 bits per heavy atom. The highest BCUT2D eigenvalue weighted by Gasteiger charge is 2.46. The van der Waals surface area contributed by atoms with Gasteiger partial charge in [0.2, 0.25) is 0 Å². The Bertz CT molecular complexity index is 337. The quantitative estimate of drug-likeness (QED) is 0.743. The van der Waals surface area contributed by atoms with Crippen molar-refractivity contribution in [2.75, 3.05) is 32.9 Å². The largest absolute Gasteiger partial charge is 0.466 e. The Labute approximate surface area is 122 Å². The molecule has 20 heavy (non-hydrogen) atoms. The van der Waals surface area contributed by atoms with Gasteiger partial charge >= 0.3 is 5.97 Å². The lowest BCUT2D eigenvalue weighted by Gasteiger charge is -2.52. The fourth-order valence-corrected chi connectivity index (χ4v) is 4.01. The second kappa shape index (κ2) is 6.44. The molecule has 0 radical (unpaired) electrons. The predicted molar refractivity (Wildman–Crippen MR) is 78.6 cm³/mol. The molecule has 0 aromatic carbocycles. The van der Waals surface area contributed by atoms with E-state index in [2.05, 4.69) is 18.7 Å². The summed E-state index contributed by atoms with van der Waals surface area (Å²) in [6.07, 6.45) is 5.17. The molecule has 2 fully saturated rings. The Kier molecular flexibility index (Phi) is 5.08. The highest BCUT2D eigenvalue weighted by atomic mass is 16.5. The maximum Gasteiger partial charge on any atom is 0.307 e. The van der Waals surface area contributed by atoms with E-state index in [1.165, 1.54) is 12.8 Å². The van der Waals surface area contributed by atoms with E-state index in [1.54, 1.807) is 0 Å². The van der Waals surface area contributed by atoms with Crippen molar-refractivity contribution in [2.45, 2.75) is 58.4 Å². The van der Waals surface area contributed by atoms with Gasteiger partial charge in [0.15, 0.2) is 0 Å². The average Bonchev–Trinajstić information content (AvgIpc) is 2.38. The van der Waals surface area contributed by atoms with E-state index in [1.807, 2.05) is 6.92 Å². The second-order valence-corrected chi connectivity index (χ2v) is 7.00. The number of hydrogen-bond donors (Lipinski definition) is 0. The maximum absolute atomic E-state index is 12.1. The number of hydrogen-bond acceptors (Lipinski definition) is 4. The fraction of sp³-hybridized carbons (Fsp3) is 0.938. The second-order valence-electron chi connectivity index (χ2n) is 7.00. The molecule has 0 aromatic rings. The summed E-state index contributed by atoms with van der Waals surface area (Å²) in [4.78, 5) is 14.6. The van der Waals surface area contributed by atoms with Crippen LogP contribution < -0.4 is 0 Å². The minimum absolute atomic E-state index is 0.0161. The van der Waals surface area contributed by atoms with Crippen LogP contribution in [0.3, 0.4) is 0 Å². The number of carbonyl (C=O) groups is 1. The SMILES string of the molecule is CCOC(=O)CC1(N2CCOCC2)CCCC(C)(C)C1. The van der Waals surface area contributed by atoms with Crippen molar-refractivity contribution >= 4 is 5.97 Å². The molecular weight excluding hydrogens is 254 g/mol. The lowest BCUT2D eigenvalue weighted by atomic mass is 9.66. The van der Waals surface area contributed by atoms with Crippen LogP contribution in [-0.2, 0) is 14.3 Å². The molecule has 1 aliphatic heterocycles. The van der Waals surface area contributed by atoms with E-state index in [0.717, 1.165) is 39.1 Å². The van der Waals surface area contributed by atoms with Crippen molar-refractivity contribution in [2.24, 2.45) is 5.41 Å². The van der Waals surface area contributed by atoms with Crippen LogP contribution in [0, 0.1) is 5.41 Å². The molecular formula is C16H29NO3. The van der Waals surface area contributed by atoms with Crippen LogP contribution in [0.1, 0.15) is 52.9 Å². The third kappa shape index (κ3) is 3.73. The van der Waals surface area contributed by atoms with Gasteiger partial charge in [-0.3, -0.25) is 9.69 Å². The number of nitrogens with zero attached hydrogens (tertiary/aromatic N) is 1. The van der Waals surface area contributed by atoms with Crippen LogP contribution in [0.5, 0.6) is 0 Å². The number of esters is 1. The molecule has 1 saturated heterocycles.